The van der Waals surface area contributed by atoms with Gasteiger partial charge in [-0.15, -0.1) is 0 Å². The number of carbonyl (C=O) groups excluding carboxylic acids is 1. The molecule has 33 heavy (non-hydrogen) atoms. The molecule has 4 rings (SSSR count). The van der Waals surface area contributed by atoms with Crippen LogP contribution < -0.4 is 4.74 Å². The van der Waals surface area contributed by atoms with Crippen molar-refractivity contribution in [3.05, 3.63) is 107 Å². The van der Waals surface area contributed by atoms with Gasteiger partial charge in [-0.05, 0) is 85.5 Å². The zero-order valence-corrected chi connectivity index (χ0v) is 20.6. The Bertz CT molecular complexity index is 1300. The normalized spacial score (nSPS) is 14.2. The Balaban J connectivity index is 1.54. The molecule has 0 N–H and O–H groups in total. The average molecular weight is 593 g/mol. The molecular formula is C23H13Br2ClN2O5. The number of esters is 1. The molecule has 3 aromatic rings. The van der Waals surface area contributed by atoms with Gasteiger partial charge in [0.1, 0.15) is 12.4 Å². The summed E-state index contributed by atoms with van der Waals surface area (Å²) < 4.78 is 12.5. The van der Waals surface area contributed by atoms with Gasteiger partial charge in [-0.3, -0.25) is 10.1 Å². The van der Waals surface area contributed by atoms with E-state index in [0.717, 1.165) is 5.56 Å². The van der Waals surface area contributed by atoms with Crippen LogP contribution in [0.15, 0.2) is 80.3 Å². The van der Waals surface area contributed by atoms with E-state index >= 15 is 0 Å². The molecule has 7 nitrogen and oxygen atoms in total. The van der Waals surface area contributed by atoms with Crippen LogP contribution in [-0.4, -0.2) is 16.8 Å². The maximum atomic E-state index is 12.3. The summed E-state index contributed by atoms with van der Waals surface area (Å²) in [5.41, 5.74) is 2.12. The van der Waals surface area contributed by atoms with Gasteiger partial charge in [-0.2, -0.15) is 0 Å². The fourth-order valence-corrected chi connectivity index (χ4v) is 4.66. The molecule has 0 unspecified atom stereocenters. The highest BCUT2D eigenvalue weighted by atomic mass is 79.9. The zero-order chi connectivity index (χ0) is 23.5. The van der Waals surface area contributed by atoms with E-state index in [1.807, 2.05) is 18.2 Å². The summed E-state index contributed by atoms with van der Waals surface area (Å²) in [5.74, 6) is 0.0684. The molecule has 0 aromatic heterocycles. The minimum atomic E-state index is -0.614. The molecular weight excluding hydrogens is 580 g/mol. The van der Waals surface area contributed by atoms with Crippen LogP contribution in [0.3, 0.4) is 0 Å². The second kappa shape index (κ2) is 9.86. The summed E-state index contributed by atoms with van der Waals surface area (Å²) in [7, 11) is 0. The number of nitrogens with zero attached hydrogens (tertiary/aromatic N) is 2. The van der Waals surface area contributed by atoms with Crippen molar-refractivity contribution >= 4 is 67.1 Å². The van der Waals surface area contributed by atoms with E-state index in [2.05, 4.69) is 36.9 Å². The van der Waals surface area contributed by atoms with Gasteiger partial charge in [-0.1, -0.05) is 23.7 Å². The third-order valence-corrected chi connectivity index (χ3v) is 5.95. The van der Waals surface area contributed by atoms with Crippen LogP contribution in [0.2, 0.25) is 5.02 Å². The first-order chi connectivity index (χ1) is 15.8. The van der Waals surface area contributed by atoms with Crippen molar-refractivity contribution < 1.29 is 19.2 Å². The summed E-state index contributed by atoms with van der Waals surface area (Å²) in [5, 5.41) is 11.4. The second-order valence-electron chi connectivity index (χ2n) is 6.87. The molecule has 1 aliphatic heterocycles. The third kappa shape index (κ3) is 5.50. The lowest BCUT2D eigenvalue weighted by Gasteiger charge is -2.11. The van der Waals surface area contributed by atoms with Crippen LogP contribution in [-0.2, 0) is 16.1 Å². The first-order valence-corrected chi connectivity index (χ1v) is 11.4. The molecule has 3 aromatic carbocycles. The minimum absolute atomic E-state index is 0.0631. The van der Waals surface area contributed by atoms with Crippen LogP contribution >= 0.6 is 43.5 Å². The number of hydrogen-bond donors (Lipinski definition) is 0. The first kappa shape index (κ1) is 23.2. The number of ether oxygens (including phenoxy) is 2. The molecule has 0 atom stereocenters. The fraction of sp³-hybridized carbons (Fsp3) is 0.0435. The molecule has 0 fully saturated rings. The van der Waals surface area contributed by atoms with E-state index in [1.54, 1.807) is 24.3 Å². The van der Waals surface area contributed by atoms with Gasteiger partial charge in [0.25, 0.3) is 5.69 Å². The monoisotopic (exact) mass is 590 g/mol. The number of rotatable bonds is 6. The van der Waals surface area contributed by atoms with Crippen molar-refractivity contribution in [1.82, 2.24) is 0 Å². The van der Waals surface area contributed by atoms with E-state index in [9.17, 15) is 14.9 Å². The highest BCUT2D eigenvalue weighted by Gasteiger charge is 2.25. The van der Waals surface area contributed by atoms with Gasteiger partial charge in [0.2, 0.25) is 5.90 Å². The summed E-state index contributed by atoms with van der Waals surface area (Å²) in [6.07, 6.45) is 1.58. The van der Waals surface area contributed by atoms with E-state index in [1.165, 1.54) is 24.3 Å². The Morgan fingerprint density at radius 3 is 2.42 bits per heavy atom. The highest BCUT2D eigenvalue weighted by Crippen LogP contribution is 2.36. The van der Waals surface area contributed by atoms with Crippen molar-refractivity contribution in [2.45, 2.75) is 6.61 Å². The van der Waals surface area contributed by atoms with Crippen LogP contribution in [0, 0.1) is 10.1 Å². The number of halogens is 3. The molecule has 10 heteroatoms. The lowest BCUT2D eigenvalue weighted by Crippen LogP contribution is -2.05. The third-order valence-electron chi connectivity index (χ3n) is 4.54. The maximum Gasteiger partial charge on any atom is 0.363 e. The topological polar surface area (TPSA) is 91.0 Å². The Morgan fingerprint density at radius 1 is 1.09 bits per heavy atom. The highest BCUT2D eigenvalue weighted by molar-refractivity contribution is 9.11. The first-order valence-electron chi connectivity index (χ1n) is 9.44. The van der Waals surface area contributed by atoms with Crippen molar-refractivity contribution in [3.63, 3.8) is 0 Å². The molecule has 0 spiro atoms. The van der Waals surface area contributed by atoms with Crippen molar-refractivity contribution in [1.29, 1.82) is 0 Å². The Hall–Kier alpha value is -3.01. The molecule has 0 saturated carbocycles. The SMILES string of the molecule is O=C1OC(c2ccc([N+](=O)[O-])cc2)=N/C1=C\c1cc(Br)c(OCc2cccc(Cl)c2)c(Br)c1. The second-order valence-corrected chi connectivity index (χ2v) is 9.02. The van der Waals surface area contributed by atoms with Crippen LogP contribution in [0.4, 0.5) is 5.69 Å². The van der Waals surface area contributed by atoms with Crippen LogP contribution in [0.25, 0.3) is 6.08 Å². The van der Waals surface area contributed by atoms with Crippen LogP contribution in [0.5, 0.6) is 5.75 Å². The smallest absolute Gasteiger partial charge is 0.363 e. The van der Waals surface area contributed by atoms with Gasteiger partial charge >= 0.3 is 5.97 Å². The van der Waals surface area contributed by atoms with Gasteiger partial charge in [0.15, 0.2) is 5.70 Å². The zero-order valence-electron chi connectivity index (χ0n) is 16.6. The Morgan fingerprint density at radius 2 is 1.79 bits per heavy atom. The van der Waals surface area contributed by atoms with E-state index in [0.29, 0.717) is 37.5 Å². The number of aliphatic imine (C=N–C) groups is 1. The Labute approximate surface area is 210 Å². The van der Waals surface area contributed by atoms with Crippen molar-refractivity contribution in [2.75, 3.05) is 0 Å². The molecule has 0 aliphatic carbocycles. The average Bonchev–Trinajstić information content (AvgIpc) is 3.13. The van der Waals surface area contributed by atoms with Crippen molar-refractivity contribution in [2.24, 2.45) is 4.99 Å². The summed E-state index contributed by atoms with van der Waals surface area (Å²) in [6, 6.07) is 16.6. The van der Waals surface area contributed by atoms with Gasteiger partial charge in [0, 0.05) is 22.7 Å². The number of cyclic esters (lactones) is 1. The number of carbonyl (C=O) groups is 1. The molecule has 0 amide bonds. The van der Waals surface area contributed by atoms with E-state index in [4.69, 9.17) is 21.1 Å². The number of hydrogen-bond acceptors (Lipinski definition) is 6. The summed E-state index contributed by atoms with van der Waals surface area (Å²) >= 11 is 13.0. The van der Waals surface area contributed by atoms with Gasteiger partial charge in [0.05, 0.1) is 13.9 Å². The van der Waals surface area contributed by atoms with Crippen molar-refractivity contribution in [3.8, 4) is 5.75 Å². The lowest BCUT2D eigenvalue weighted by atomic mass is 10.2. The van der Waals surface area contributed by atoms with Crippen LogP contribution in [0.1, 0.15) is 16.7 Å². The minimum Gasteiger partial charge on any atom is -0.487 e. The lowest BCUT2D eigenvalue weighted by molar-refractivity contribution is -0.384. The molecule has 0 saturated heterocycles. The molecule has 1 aliphatic rings. The van der Waals surface area contributed by atoms with Gasteiger partial charge in [-0.25, -0.2) is 9.79 Å². The van der Waals surface area contributed by atoms with Gasteiger partial charge < -0.3 is 9.47 Å². The largest absolute Gasteiger partial charge is 0.487 e. The number of nitro benzene ring substituents is 1. The predicted octanol–water partition coefficient (Wildman–Crippen LogP) is 6.70. The number of benzene rings is 3. The summed E-state index contributed by atoms with van der Waals surface area (Å²) in [6.45, 7) is 0.327. The fourth-order valence-electron chi connectivity index (χ4n) is 3.00. The predicted molar refractivity (Wildman–Crippen MR) is 131 cm³/mol. The molecule has 1 heterocycles. The molecule has 0 radical (unpaired) electrons. The number of nitro groups is 1. The maximum absolute atomic E-state index is 12.3. The van der Waals surface area contributed by atoms with E-state index < -0.39 is 10.9 Å². The molecule has 166 valence electrons. The Kier molecular flexibility index (Phi) is 6.92. The quantitative estimate of drug-likeness (QED) is 0.138. The molecule has 0 bridgehead atoms. The summed E-state index contributed by atoms with van der Waals surface area (Å²) in [4.78, 5) is 26.8. The number of non-ortho nitro benzene ring substituents is 1. The van der Waals surface area contributed by atoms with E-state index in [-0.39, 0.29) is 17.3 Å². The standard InChI is InChI=1S/C23H13Br2ClN2O5/c24-18-9-14(10-19(25)21(18)32-12-13-2-1-3-16(26)8-13)11-20-23(29)33-22(27-20)15-4-6-17(7-5-15)28(30)31/h1-11H,12H2/b20-11-.